The van der Waals surface area contributed by atoms with Gasteiger partial charge in [0.25, 0.3) is 5.56 Å². The fourth-order valence-corrected chi connectivity index (χ4v) is 4.13. The van der Waals surface area contributed by atoms with Gasteiger partial charge in [-0.15, -0.1) is 10.2 Å². The van der Waals surface area contributed by atoms with Crippen molar-refractivity contribution in [2.45, 2.75) is 45.6 Å². The summed E-state index contributed by atoms with van der Waals surface area (Å²) < 4.78 is 31.5. The number of aryl methyl sites for hydroxylation is 1. The van der Waals surface area contributed by atoms with Gasteiger partial charge in [-0.05, 0) is 38.0 Å². The first kappa shape index (κ1) is 19.9. The van der Waals surface area contributed by atoms with Crippen LogP contribution in [-0.2, 0) is 12.0 Å². The summed E-state index contributed by atoms with van der Waals surface area (Å²) in [5, 5.41) is 12.4. The van der Waals surface area contributed by atoms with Crippen molar-refractivity contribution in [3.63, 3.8) is 0 Å². The fraction of sp³-hybridized carbons (Fsp3) is 0.333. The van der Waals surface area contributed by atoms with E-state index in [1.807, 2.05) is 20.8 Å². The van der Waals surface area contributed by atoms with Gasteiger partial charge >= 0.3 is 0 Å². The maximum absolute atomic E-state index is 15.2. The monoisotopic (exact) mass is 412 g/mol. The van der Waals surface area contributed by atoms with Gasteiger partial charge in [0.05, 0.1) is 28.2 Å². The smallest absolute Gasteiger partial charge is 0.252 e. The number of halogens is 2. The average molecular weight is 412 g/mol. The molecule has 0 unspecified atom stereocenters. The molecule has 2 N–H and O–H groups in total. The molecule has 30 heavy (non-hydrogen) atoms. The third-order valence-electron chi connectivity index (χ3n) is 5.89. The Kier molecular flexibility index (Phi) is 4.97. The molecule has 0 fully saturated rings. The van der Waals surface area contributed by atoms with Crippen LogP contribution in [0.25, 0.3) is 22.2 Å². The van der Waals surface area contributed by atoms with Crippen molar-refractivity contribution in [1.29, 1.82) is 0 Å². The number of benzene rings is 1. The molecule has 0 aliphatic carbocycles. The quantitative estimate of drug-likeness (QED) is 0.502. The molecule has 0 bridgehead atoms. The standard InChI is InChI=1S/C21H22F2N6O/c1-4-21(5-2,20-24-11-25-28-20)14-9-16(23)18(27-19(14)30)12-7-15(22)13-10-26-29(6-3)17(13)8-12/h7-11H,4-6H2,1-3H3,(H,27,30)(H,24,25,28). The number of nitrogens with zero attached hydrogens (tertiary/aromatic N) is 4. The van der Waals surface area contributed by atoms with Crippen LogP contribution in [0.15, 0.2) is 35.5 Å². The van der Waals surface area contributed by atoms with Gasteiger partial charge in [-0.3, -0.25) is 9.48 Å². The lowest BCUT2D eigenvalue weighted by Gasteiger charge is -2.29. The van der Waals surface area contributed by atoms with E-state index >= 15 is 4.39 Å². The zero-order chi connectivity index (χ0) is 21.5. The largest absolute Gasteiger partial charge is 0.331 e. The first-order valence-corrected chi connectivity index (χ1v) is 9.90. The van der Waals surface area contributed by atoms with E-state index in [2.05, 4.69) is 25.3 Å². The number of pyridine rings is 1. The summed E-state index contributed by atoms with van der Waals surface area (Å²) in [5.74, 6) is -0.661. The van der Waals surface area contributed by atoms with Gasteiger partial charge in [0.2, 0.25) is 0 Å². The summed E-state index contributed by atoms with van der Waals surface area (Å²) >= 11 is 0. The molecule has 4 rings (SSSR count). The fourth-order valence-electron chi connectivity index (χ4n) is 4.13. The molecule has 0 saturated heterocycles. The molecule has 0 radical (unpaired) electrons. The SMILES string of the molecule is CCn1ncc2c(F)cc(-c3[nH]c(=O)c(C(CC)(CC)c4nnc[nH]4)cc3F)cc21. The van der Waals surface area contributed by atoms with E-state index in [4.69, 9.17) is 0 Å². The molecule has 0 spiro atoms. The number of fused-ring (bicyclic) bond motifs is 1. The van der Waals surface area contributed by atoms with Crippen molar-refractivity contribution >= 4 is 10.9 Å². The van der Waals surface area contributed by atoms with Crippen molar-refractivity contribution in [1.82, 2.24) is 29.9 Å². The second kappa shape index (κ2) is 7.47. The summed E-state index contributed by atoms with van der Waals surface area (Å²) in [7, 11) is 0. The zero-order valence-electron chi connectivity index (χ0n) is 17.0. The first-order valence-electron chi connectivity index (χ1n) is 9.90. The van der Waals surface area contributed by atoms with E-state index in [1.165, 1.54) is 24.7 Å². The highest BCUT2D eigenvalue weighted by molar-refractivity contribution is 5.84. The van der Waals surface area contributed by atoms with Crippen LogP contribution in [0.4, 0.5) is 8.78 Å². The van der Waals surface area contributed by atoms with Gasteiger partial charge < -0.3 is 9.97 Å². The summed E-state index contributed by atoms with van der Waals surface area (Å²) in [6.07, 6.45) is 3.92. The number of nitrogens with one attached hydrogen (secondary N) is 2. The summed E-state index contributed by atoms with van der Waals surface area (Å²) in [5.41, 5.74) is -0.280. The van der Waals surface area contributed by atoms with E-state index in [0.717, 1.165) is 0 Å². The number of aromatic nitrogens is 6. The van der Waals surface area contributed by atoms with Crippen LogP contribution < -0.4 is 5.56 Å². The molecule has 156 valence electrons. The normalized spacial score (nSPS) is 12.0. The highest BCUT2D eigenvalue weighted by Gasteiger charge is 2.37. The second-order valence-electron chi connectivity index (χ2n) is 7.21. The Hall–Kier alpha value is -3.36. The van der Waals surface area contributed by atoms with E-state index < -0.39 is 22.6 Å². The molecule has 9 heteroatoms. The summed E-state index contributed by atoms with van der Waals surface area (Å²) in [6, 6.07) is 4.07. The molecule has 0 amide bonds. The van der Waals surface area contributed by atoms with E-state index in [9.17, 15) is 9.18 Å². The first-order chi connectivity index (χ1) is 14.4. The lowest BCUT2D eigenvalue weighted by Crippen LogP contribution is -2.35. The molecule has 4 aromatic rings. The van der Waals surface area contributed by atoms with Gasteiger partial charge in [0, 0.05) is 17.7 Å². The van der Waals surface area contributed by atoms with Crippen LogP contribution in [0, 0.1) is 11.6 Å². The van der Waals surface area contributed by atoms with Gasteiger partial charge in [0.1, 0.15) is 23.8 Å². The Morgan fingerprint density at radius 3 is 2.50 bits per heavy atom. The van der Waals surface area contributed by atoms with Crippen molar-refractivity contribution in [2.75, 3.05) is 0 Å². The van der Waals surface area contributed by atoms with Gasteiger partial charge in [-0.2, -0.15) is 5.10 Å². The van der Waals surface area contributed by atoms with Gasteiger partial charge in [-0.25, -0.2) is 8.78 Å². The Morgan fingerprint density at radius 1 is 1.10 bits per heavy atom. The summed E-state index contributed by atoms with van der Waals surface area (Å²) in [4.78, 5) is 18.6. The van der Waals surface area contributed by atoms with Crippen molar-refractivity contribution in [3.8, 4) is 11.3 Å². The molecule has 3 aromatic heterocycles. The lowest BCUT2D eigenvalue weighted by atomic mass is 9.75. The molecule has 3 heterocycles. The minimum atomic E-state index is -0.806. The van der Waals surface area contributed by atoms with Crippen LogP contribution in [0.2, 0.25) is 0 Å². The van der Waals surface area contributed by atoms with Crippen LogP contribution in [0.1, 0.15) is 45.0 Å². The van der Waals surface area contributed by atoms with Gasteiger partial charge in [0.15, 0.2) is 0 Å². The Morgan fingerprint density at radius 2 is 1.87 bits per heavy atom. The Labute approximate surface area is 171 Å². The number of H-pyrrole nitrogens is 2. The topological polar surface area (TPSA) is 92.2 Å². The number of aromatic amines is 2. The predicted octanol–water partition coefficient (Wildman–Crippen LogP) is 3.91. The van der Waals surface area contributed by atoms with Gasteiger partial charge in [-0.1, -0.05) is 13.8 Å². The molecule has 1 aromatic carbocycles. The second-order valence-corrected chi connectivity index (χ2v) is 7.21. The third-order valence-corrected chi connectivity index (χ3v) is 5.89. The third kappa shape index (κ3) is 2.92. The van der Waals surface area contributed by atoms with Crippen LogP contribution in [0.3, 0.4) is 0 Å². The predicted molar refractivity (Wildman–Crippen MR) is 109 cm³/mol. The number of hydrogen-bond donors (Lipinski definition) is 2. The van der Waals surface area contributed by atoms with Crippen LogP contribution >= 0.6 is 0 Å². The lowest BCUT2D eigenvalue weighted by molar-refractivity contribution is 0.442. The molecule has 0 saturated carbocycles. The van der Waals surface area contributed by atoms with Crippen LogP contribution in [0.5, 0.6) is 0 Å². The minimum Gasteiger partial charge on any atom is -0.331 e. The van der Waals surface area contributed by atoms with E-state index in [0.29, 0.717) is 36.1 Å². The highest BCUT2D eigenvalue weighted by Crippen LogP contribution is 2.36. The Balaban J connectivity index is 1.90. The molecule has 0 atom stereocenters. The molecule has 0 aliphatic rings. The van der Waals surface area contributed by atoms with Crippen molar-refractivity contribution in [2.24, 2.45) is 0 Å². The van der Waals surface area contributed by atoms with E-state index in [1.54, 1.807) is 10.7 Å². The molecule has 7 nitrogen and oxygen atoms in total. The van der Waals surface area contributed by atoms with E-state index in [-0.39, 0.29) is 16.8 Å². The maximum atomic E-state index is 15.2. The van der Waals surface area contributed by atoms with Crippen LogP contribution in [-0.4, -0.2) is 29.9 Å². The molecular formula is C21H22F2N6O. The molecule has 0 aliphatic heterocycles. The van der Waals surface area contributed by atoms with Crippen molar-refractivity contribution < 1.29 is 8.78 Å². The minimum absolute atomic E-state index is 0.0629. The summed E-state index contributed by atoms with van der Waals surface area (Å²) in [6.45, 7) is 6.24. The molecular weight excluding hydrogens is 390 g/mol. The highest BCUT2D eigenvalue weighted by atomic mass is 19.1. The Bertz CT molecular complexity index is 1250. The van der Waals surface area contributed by atoms with Crippen molar-refractivity contribution in [3.05, 3.63) is 64.1 Å². The number of hydrogen-bond acceptors (Lipinski definition) is 4. The maximum Gasteiger partial charge on any atom is 0.252 e. The number of rotatable bonds is 6. The average Bonchev–Trinajstić information content (AvgIpc) is 3.42. The zero-order valence-corrected chi connectivity index (χ0v) is 17.0.